The minimum Gasteiger partial charge on any atom is -0.323 e. The third-order valence-electron chi connectivity index (χ3n) is 6.09. The molecule has 2 N–H and O–H groups in total. The molecular weight excluding hydrogens is 410 g/mol. The number of hydrogen-bond acceptors (Lipinski definition) is 6. The Kier molecular flexibility index (Phi) is 6.71. The van der Waals surface area contributed by atoms with E-state index >= 15 is 0 Å². The average molecular weight is 442 g/mol. The van der Waals surface area contributed by atoms with Gasteiger partial charge in [-0.3, -0.25) is 29.4 Å². The van der Waals surface area contributed by atoms with Crippen LogP contribution >= 0.6 is 0 Å². The molecule has 2 aliphatic heterocycles. The van der Waals surface area contributed by atoms with Crippen LogP contribution in [0, 0.1) is 0 Å². The number of anilines is 2. The second kappa shape index (κ2) is 9.66. The van der Waals surface area contributed by atoms with Gasteiger partial charge in [-0.05, 0) is 25.1 Å². The molecule has 10 heteroatoms. The van der Waals surface area contributed by atoms with E-state index in [-0.39, 0.29) is 24.8 Å². The number of unbranched alkanes of at least 4 members (excludes halogenated alkanes) is 1. The molecule has 0 radical (unpaired) electrons. The van der Waals surface area contributed by atoms with Crippen molar-refractivity contribution in [2.24, 2.45) is 7.05 Å². The zero-order valence-electron chi connectivity index (χ0n) is 18.8. The topological polar surface area (TPSA) is 103 Å². The van der Waals surface area contributed by atoms with Crippen LogP contribution in [0.2, 0.25) is 0 Å². The molecule has 0 bridgehead atoms. The van der Waals surface area contributed by atoms with Crippen molar-refractivity contribution < 1.29 is 14.4 Å². The van der Waals surface area contributed by atoms with Gasteiger partial charge in [0, 0.05) is 51.6 Å². The van der Waals surface area contributed by atoms with E-state index in [1.54, 1.807) is 11.7 Å². The van der Waals surface area contributed by atoms with E-state index in [2.05, 4.69) is 32.5 Å². The van der Waals surface area contributed by atoms with E-state index in [0.717, 1.165) is 43.6 Å². The average Bonchev–Trinajstić information content (AvgIpc) is 3.10. The Morgan fingerprint density at radius 1 is 1.12 bits per heavy atom. The number of carbonyl (C=O) groups excluding carboxylic acids is 3. The Labute approximate surface area is 187 Å². The highest BCUT2D eigenvalue weighted by molar-refractivity contribution is 6.11. The first kappa shape index (κ1) is 22.2. The highest BCUT2D eigenvalue weighted by atomic mass is 16.2. The molecule has 2 saturated heterocycles. The molecular formula is C22H31N7O3. The van der Waals surface area contributed by atoms with Crippen molar-refractivity contribution in [2.75, 3.05) is 56.0 Å². The molecule has 4 amide bonds. The van der Waals surface area contributed by atoms with E-state index in [9.17, 15) is 14.4 Å². The Balaban J connectivity index is 1.44. The summed E-state index contributed by atoms with van der Waals surface area (Å²) >= 11 is 0. The number of nitrogens with one attached hydrogen (secondary N) is 2. The van der Waals surface area contributed by atoms with Gasteiger partial charge < -0.3 is 10.2 Å². The number of imide groups is 1. The van der Waals surface area contributed by atoms with Crippen LogP contribution in [-0.4, -0.2) is 83.2 Å². The molecule has 0 saturated carbocycles. The number of aryl methyl sites for hydroxylation is 1. The van der Waals surface area contributed by atoms with Crippen molar-refractivity contribution in [3.63, 3.8) is 0 Å². The maximum atomic E-state index is 12.8. The fourth-order valence-electron chi connectivity index (χ4n) is 4.33. The smallest absolute Gasteiger partial charge is 0.323 e. The number of aromatic nitrogens is 2. The number of carbonyl (C=O) groups is 3. The van der Waals surface area contributed by atoms with Crippen LogP contribution in [-0.2, 0) is 16.6 Å². The second-order valence-corrected chi connectivity index (χ2v) is 8.42. The summed E-state index contributed by atoms with van der Waals surface area (Å²) < 4.78 is 1.66. The lowest BCUT2D eigenvalue weighted by atomic mass is 10.2. The molecule has 3 heterocycles. The van der Waals surface area contributed by atoms with Gasteiger partial charge in [0.1, 0.15) is 0 Å². The normalized spacial score (nSPS) is 18.2. The molecule has 172 valence electrons. The predicted octanol–water partition coefficient (Wildman–Crippen LogP) is 1.38. The molecule has 2 aromatic rings. The van der Waals surface area contributed by atoms with Crippen molar-refractivity contribution >= 4 is 40.3 Å². The van der Waals surface area contributed by atoms with E-state index in [4.69, 9.17) is 0 Å². The molecule has 2 aliphatic rings. The third kappa shape index (κ3) is 4.76. The van der Waals surface area contributed by atoms with Crippen molar-refractivity contribution in [3.05, 3.63) is 18.2 Å². The van der Waals surface area contributed by atoms with E-state index in [1.807, 2.05) is 18.2 Å². The minimum absolute atomic E-state index is 0.0661. The summed E-state index contributed by atoms with van der Waals surface area (Å²) in [6.45, 7) is 7.72. The molecule has 0 aliphatic carbocycles. The molecule has 2 fully saturated rings. The lowest BCUT2D eigenvalue weighted by Gasteiger charge is -2.34. The summed E-state index contributed by atoms with van der Waals surface area (Å²) in [6.07, 6.45) is 2.64. The fourth-order valence-corrected chi connectivity index (χ4v) is 4.33. The number of fused-ring (bicyclic) bond motifs is 1. The Morgan fingerprint density at radius 2 is 1.88 bits per heavy atom. The quantitative estimate of drug-likeness (QED) is 0.673. The first-order chi connectivity index (χ1) is 15.5. The number of nitrogens with zero attached hydrogens (tertiary/aromatic N) is 5. The molecule has 0 atom stereocenters. The van der Waals surface area contributed by atoms with E-state index in [0.29, 0.717) is 18.1 Å². The van der Waals surface area contributed by atoms with E-state index < -0.39 is 6.03 Å². The van der Waals surface area contributed by atoms with Crippen molar-refractivity contribution in [2.45, 2.75) is 26.2 Å². The first-order valence-corrected chi connectivity index (χ1v) is 11.3. The standard InChI is InChI=1S/C22H31N7O3/c1-3-4-9-27-11-13-28(14-12-27)15-19(31)23-17-7-5-6-16-20(17)26(2)25-21(16)29-10-8-18(30)24-22(29)32/h5-7H,3-4,8-15H2,1-2H3,(H,23,31)(H,24,30,32). The second-order valence-electron chi connectivity index (χ2n) is 8.42. The molecule has 0 spiro atoms. The monoisotopic (exact) mass is 441 g/mol. The number of benzene rings is 1. The van der Waals surface area contributed by atoms with Crippen molar-refractivity contribution in [1.82, 2.24) is 24.9 Å². The van der Waals surface area contributed by atoms with Crippen LogP contribution in [0.15, 0.2) is 18.2 Å². The Bertz CT molecular complexity index is 1010. The number of hydrogen-bond donors (Lipinski definition) is 2. The summed E-state index contributed by atoms with van der Waals surface area (Å²) in [5.41, 5.74) is 1.40. The number of para-hydroxylation sites is 1. The zero-order chi connectivity index (χ0) is 22.7. The Hall–Kier alpha value is -2.98. The van der Waals surface area contributed by atoms with Gasteiger partial charge in [-0.25, -0.2) is 4.79 Å². The summed E-state index contributed by atoms with van der Waals surface area (Å²) in [5.74, 6) is 0.126. The van der Waals surface area contributed by atoms with Crippen LogP contribution in [0.1, 0.15) is 26.2 Å². The van der Waals surface area contributed by atoms with Crippen molar-refractivity contribution in [3.8, 4) is 0 Å². The summed E-state index contributed by atoms with van der Waals surface area (Å²) in [7, 11) is 1.78. The van der Waals surface area contributed by atoms with Gasteiger partial charge >= 0.3 is 6.03 Å². The number of urea groups is 1. The minimum atomic E-state index is -0.478. The summed E-state index contributed by atoms with van der Waals surface area (Å²) in [4.78, 5) is 42.7. The fraction of sp³-hybridized carbons (Fsp3) is 0.545. The highest BCUT2D eigenvalue weighted by Crippen LogP contribution is 2.31. The lowest BCUT2D eigenvalue weighted by molar-refractivity contribution is -0.120. The third-order valence-corrected chi connectivity index (χ3v) is 6.09. The summed E-state index contributed by atoms with van der Waals surface area (Å²) in [6, 6.07) is 5.07. The molecule has 4 rings (SSSR count). The maximum absolute atomic E-state index is 12.8. The van der Waals surface area contributed by atoms with Gasteiger partial charge in [-0.2, -0.15) is 5.10 Å². The molecule has 1 aromatic heterocycles. The Morgan fingerprint density at radius 3 is 2.59 bits per heavy atom. The van der Waals surface area contributed by atoms with E-state index in [1.165, 1.54) is 17.7 Å². The predicted molar refractivity (Wildman–Crippen MR) is 123 cm³/mol. The van der Waals surface area contributed by atoms with Gasteiger partial charge in [-0.15, -0.1) is 0 Å². The molecule has 1 aromatic carbocycles. The van der Waals surface area contributed by atoms with Gasteiger partial charge in [0.05, 0.1) is 17.7 Å². The number of piperazine rings is 1. The van der Waals surface area contributed by atoms with Gasteiger partial charge in [-0.1, -0.05) is 19.4 Å². The lowest BCUT2D eigenvalue weighted by Crippen LogP contribution is -2.49. The van der Waals surface area contributed by atoms with Crippen LogP contribution in [0.5, 0.6) is 0 Å². The SMILES string of the molecule is CCCCN1CCN(CC(=O)Nc2cccc3c(N4CCC(=O)NC4=O)nn(C)c23)CC1. The largest absolute Gasteiger partial charge is 0.329 e. The molecule has 32 heavy (non-hydrogen) atoms. The summed E-state index contributed by atoms with van der Waals surface area (Å²) in [5, 5.41) is 10.6. The molecule has 10 nitrogen and oxygen atoms in total. The van der Waals surface area contributed by atoms with Crippen LogP contribution < -0.4 is 15.5 Å². The maximum Gasteiger partial charge on any atom is 0.329 e. The number of amides is 4. The van der Waals surface area contributed by atoms with Gasteiger partial charge in [0.15, 0.2) is 5.82 Å². The highest BCUT2D eigenvalue weighted by Gasteiger charge is 2.28. The van der Waals surface area contributed by atoms with Gasteiger partial charge in [0.25, 0.3) is 0 Å². The van der Waals surface area contributed by atoms with Crippen molar-refractivity contribution in [1.29, 1.82) is 0 Å². The molecule has 0 unspecified atom stereocenters. The van der Waals surface area contributed by atoms with Crippen LogP contribution in [0.3, 0.4) is 0 Å². The van der Waals surface area contributed by atoms with Crippen LogP contribution in [0.25, 0.3) is 10.9 Å². The first-order valence-electron chi connectivity index (χ1n) is 11.3. The van der Waals surface area contributed by atoms with Gasteiger partial charge in [0.2, 0.25) is 11.8 Å². The number of rotatable bonds is 7. The van der Waals surface area contributed by atoms with Crippen LogP contribution in [0.4, 0.5) is 16.3 Å². The zero-order valence-corrected chi connectivity index (χ0v) is 18.8.